The van der Waals surface area contributed by atoms with Gasteiger partial charge >= 0.3 is 0 Å². The minimum atomic E-state index is -3.32. The van der Waals surface area contributed by atoms with Crippen LogP contribution >= 0.6 is 0 Å². The molecule has 0 spiro atoms. The molecule has 3 rings (SSSR count). The number of hydrogen-bond donors (Lipinski definition) is 0. The van der Waals surface area contributed by atoms with Gasteiger partial charge in [0.25, 0.3) is 5.91 Å². The molecule has 0 unspecified atom stereocenters. The number of amides is 1. The molecule has 0 aromatic heterocycles. The van der Waals surface area contributed by atoms with Crippen molar-refractivity contribution < 1.29 is 17.9 Å². The van der Waals surface area contributed by atoms with E-state index in [1.807, 2.05) is 23.1 Å². The Labute approximate surface area is 190 Å². The van der Waals surface area contributed by atoms with Gasteiger partial charge in [0.1, 0.15) is 5.75 Å². The average molecular weight is 458 g/mol. The van der Waals surface area contributed by atoms with E-state index in [1.54, 1.807) is 31.2 Å². The fourth-order valence-corrected chi connectivity index (χ4v) is 4.00. The van der Waals surface area contributed by atoms with Crippen molar-refractivity contribution in [2.24, 2.45) is 0 Å². The third-order valence-electron chi connectivity index (χ3n) is 5.52. The zero-order valence-corrected chi connectivity index (χ0v) is 19.7. The zero-order chi connectivity index (χ0) is 23.1. The summed E-state index contributed by atoms with van der Waals surface area (Å²) < 4.78 is 30.3. The highest BCUT2D eigenvalue weighted by Crippen LogP contribution is 2.21. The summed E-state index contributed by atoms with van der Waals surface area (Å²) in [6.45, 7) is 5.59. The largest absolute Gasteiger partial charge is 0.481 e. The summed E-state index contributed by atoms with van der Waals surface area (Å²) in [5.74, 6) is 0.489. The van der Waals surface area contributed by atoms with Crippen LogP contribution < -0.4 is 9.04 Å². The predicted octanol–water partition coefficient (Wildman–Crippen LogP) is 2.71. The summed E-state index contributed by atoms with van der Waals surface area (Å²) in [7, 11) is -1.83. The molecule has 8 heteroatoms. The van der Waals surface area contributed by atoms with Crippen molar-refractivity contribution in [1.82, 2.24) is 9.80 Å². The first kappa shape index (κ1) is 23.8. The van der Waals surface area contributed by atoms with Gasteiger partial charge in [-0.2, -0.15) is 0 Å². The second-order valence-electron chi connectivity index (χ2n) is 7.92. The topological polar surface area (TPSA) is 70.2 Å². The maximum absolute atomic E-state index is 12.8. The number of nitrogens with zero attached hydrogens (tertiary/aromatic N) is 3. The van der Waals surface area contributed by atoms with Crippen LogP contribution in [0.2, 0.25) is 0 Å². The van der Waals surface area contributed by atoms with Crippen LogP contribution in [0.1, 0.15) is 12.5 Å². The molecule has 0 N–H and O–H groups in total. The van der Waals surface area contributed by atoms with Crippen LogP contribution in [-0.2, 0) is 14.8 Å². The molecule has 1 heterocycles. The van der Waals surface area contributed by atoms with Gasteiger partial charge in [0.15, 0.2) is 6.10 Å². The van der Waals surface area contributed by atoms with Crippen molar-refractivity contribution in [3.05, 3.63) is 66.2 Å². The third kappa shape index (κ3) is 6.58. The van der Waals surface area contributed by atoms with Gasteiger partial charge in [0, 0.05) is 39.8 Å². The Kier molecular flexibility index (Phi) is 7.93. The molecule has 0 bridgehead atoms. The smallest absolute Gasteiger partial charge is 0.263 e. The normalized spacial score (nSPS) is 16.2. The fourth-order valence-electron chi connectivity index (χ4n) is 3.49. The Morgan fingerprint density at radius 2 is 1.69 bits per heavy atom. The molecule has 1 aliphatic heterocycles. The highest BCUT2D eigenvalue weighted by atomic mass is 32.2. The Hall–Kier alpha value is -2.84. The third-order valence-corrected chi connectivity index (χ3v) is 6.72. The molecule has 0 saturated carbocycles. The quantitative estimate of drug-likeness (QED) is 0.610. The number of rotatable bonds is 8. The first-order chi connectivity index (χ1) is 15.2. The highest BCUT2D eigenvalue weighted by Gasteiger charge is 2.25. The monoisotopic (exact) mass is 457 g/mol. The van der Waals surface area contributed by atoms with E-state index in [-0.39, 0.29) is 5.91 Å². The number of piperazine rings is 1. The van der Waals surface area contributed by atoms with Gasteiger partial charge in [-0.15, -0.1) is 0 Å². The molecule has 2 aromatic carbocycles. The van der Waals surface area contributed by atoms with Gasteiger partial charge in [-0.05, 0) is 36.8 Å². The maximum Gasteiger partial charge on any atom is 0.263 e. The summed E-state index contributed by atoms with van der Waals surface area (Å²) in [5, 5.41) is 0. The average Bonchev–Trinajstić information content (AvgIpc) is 2.79. The lowest BCUT2D eigenvalue weighted by molar-refractivity contribution is -0.139. The van der Waals surface area contributed by atoms with Gasteiger partial charge in [0.05, 0.1) is 11.9 Å². The predicted molar refractivity (Wildman–Crippen MR) is 128 cm³/mol. The summed E-state index contributed by atoms with van der Waals surface area (Å²) >= 11 is 0. The molecule has 1 saturated heterocycles. The van der Waals surface area contributed by atoms with E-state index in [9.17, 15) is 13.2 Å². The van der Waals surface area contributed by atoms with Gasteiger partial charge in [-0.25, -0.2) is 8.42 Å². The SMILES string of the molecule is C[C@@H](Oc1ccc(N(C)S(C)(=O)=O)cc1)C(=O)N1CCN(C/C=C/c2ccccc2)CC1. The van der Waals surface area contributed by atoms with E-state index in [0.717, 1.165) is 25.9 Å². The maximum atomic E-state index is 12.8. The van der Waals surface area contributed by atoms with Crippen LogP contribution in [-0.4, -0.2) is 76.3 Å². The number of hydrogen-bond acceptors (Lipinski definition) is 5. The molecule has 1 fully saturated rings. The minimum absolute atomic E-state index is 0.0400. The lowest BCUT2D eigenvalue weighted by atomic mass is 10.2. The first-order valence-corrected chi connectivity index (χ1v) is 12.5. The van der Waals surface area contributed by atoms with Crippen molar-refractivity contribution in [3.8, 4) is 5.75 Å². The molecular formula is C24H31N3O4S. The molecule has 0 aliphatic carbocycles. The summed E-state index contributed by atoms with van der Waals surface area (Å²) in [6, 6.07) is 16.9. The van der Waals surface area contributed by atoms with Gasteiger partial charge in [-0.3, -0.25) is 14.0 Å². The molecule has 0 radical (unpaired) electrons. The fraction of sp³-hybridized carbons (Fsp3) is 0.375. The van der Waals surface area contributed by atoms with E-state index in [4.69, 9.17) is 4.74 Å². The summed E-state index contributed by atoms with van der Waals surface area (Å²) in [5.41, 5.74) is 1.72. The Morgan fingerprint density at radius 1 is 1.06 bits per heavy atom. The van der Waals surface area contributed by atoms with Crippen LogP contribution in [0, 0.1) is 0 Å². The van der Waals surface area contributed by atoms with Crippen molar-refractivity contribution >= 4 is 27.7 Å². The summed E-state index contributed by atoms with van der Waals surface area (Å²) in [4.78, 5) is 17.0. The highest BCUT2D eigenvalue weighted by molar-refractivity contribution is 7.92. The van der Waals surface area contributed by atoms with Crippen LogP contribution in [0.25, 0.3) is 6.08 Å². The van der Waals surface area contributed by atoms with E-state index < -0.39 is 16.1 Å². The number of carbonyl (C=O) groups excluding carboxylic acids is 1. The van der Waals surface area contributed by atoms with Crippen molar-refractivity contribution in [2.45, 2.75) is 13.0 Å². The van der Waals surface area contributed by atoms with E-state index in [2.05, 4.69) is 29.2 Å². The van der Waals surface area contributed by atoms with Gasteiger partial charge in [0.2, 0.25) is 10.0 Å². The van der Waals surface area contributed by atoms with Crippen LogP contribution in [0.5, 0.6) is 5.75 Å². The number of anilines is 1. The molecule has 172 valence electrons. The lowest BCUT2D eigenvalue weighted by Gasteiger charge is -2.35. The standard InChI is InChI=1S/C24H31N3O4S/c1-20(31-23-13-11-22(12-14-23)25(2)32(3,29)30)24(28)27-18-16-26(17-19-27)15-7-10-21-8-5-4-6-9-21/h4-14,20H,15-19H2,1-3H3/b10-7+/t20-/m1/s1. The molecular weight excluding hydrogens is 426 g/mol. The Morgan fingerprint density at radius 3 is 2.28 bits per heavy atom. The zero-order valence-electron chi connectivity index (χ0n) is 18.8. The van der Waals surface area contributed by atoms with Gasteiger partial charge in [-0.1, -0.05) is 42.5 Å². The Balaban J connectivity index is 1.46. The van der Waals surface area contributed by atoms with Crippen molar-refractivity contribution in [1.29, 1.82) is 0 Å². The van der Waals surface area contributed by atoms with Crippen molar-refractivity contribution in [2.75, 3.05) is 50.3 Å². The van der Waals surface area contributed by atoms with Crippen LogP contribution in [0.4, 0.5) is 5.69 Å². The van der Waals surface area contributed by atoms with E-state index in [0.29, 0.717) is 24.5 Å². The molecule has 1 amide bonds. The summed E-state index contributed by atoms with van der Waals surface area (Å²) in [6.07, 6.45) is 4.81. The minimum Gasteiger partial charge on any atom is -0.481 e. The van der Waals surface area contributed by atoms with Crippen LogP contribution in [0.15, 0.2) is 60.7 Å². The number of carbonyl (C=O) groups is 1. The first-order valence-electron chi connectivity index (χ1n) is 10.7. The Bertz CT molecular complexity index is 1010. The number of sulfonamides is 1. The second-order valence-corrected chi connectivity index (χ2v) is 9.94. The molecule has 2 aromatic rings. The molecule has 1 atom stereocenters. The van der Waals surface area contributed by atoms with Crippen molar-refractivity contribution in [3.63, 3.8) is 0 Å². The van der Waals surface area contributed by atoms with E-state index in [1.165, 1.54) is 16.9 Å². The van der Waals surface area contributed by atoms with E-state index >= 15 is 0 Å². The second kappa shape index (κ2) is 10.7. The molecule has 7 nitrogen and oxygen atoms in total. The molecule has 32 heavy (non-hydrogen) atoms. The molecule has 1 aliphatic rings. The van der Waals surface area contributed by atoms with Crippen LogP contribution in [0.3, 0.4) is 0 Å². The lowest BCUT2D eigenvalue weighted by Crippen LogP contribution is -2.51. The number of ether oxygens (including phenoxy) is 1. The number of benzene rings is 2. The van der Waals surface area contributed by atoms with Gasteiger partial charge < -0.3 is 9.64 Å².